The van der Waals surface area contributed by atoms with E-state index in [9.17, 15) is 10.2 Å². The van der Waals surface area contributed by atoms with E-state index in [1.165, 1.54) is 0 Å². The molecule has 0 amide bonds. The molecular formula is C13H22O3. The average Bonchev–Trinajstić information content (AvgIpc) is 2.58. The number of aliphatic hydroxyl groups is 2. The van der Waals surface area contributed by atoms with Crippen LogP contribution in [0.25, 0.3) is 0 Å². The molecule has 3 heteroatoms. The summed E-state index contributed by atoms with van der Waals surface area (Å²) in [4.78, 5) is 0. The zero-order valence-corrected chi connectivity index (χ0v) is 10.3. The van der Waals surface area contributed by atoms with Crippen LogP contribution in [0.15, 0.2) is 23.8 Å². The summed E-state index contributed by atoms with van der Waals surface area (Å²) < 4.78 is 5.57. The Bertz CT molecular complexity index is 273. The zero-order chi connectivity index (χ0) is 12.2. The van der Waals surface area contributed by atoms with Gasteiger partial charge in [-0.2, -0.15) is 0 Å². The molecule has 0 radical (unpaired) electrons. The molecule has 0 aromatic rings. The first kappa shape index (κ1) is 13.4. The van der Waals surface area contributed by atoms with E-state index in [-0.39, 0.29) is 24.2 Å². The molecule has 0 saturated carbocycles. The molecule has 0 heterocycles. The number of allylic oxidation sites excluding steroid dienone is 1. The summed E-state index contributed by atoms with van der Waals surface area (Å²) in [5, 5.41) is 18.6. The van der Waals surface area contributed by atoms with E-state index in [0.29, 0.717) is 13.0 Å². The lowest BCUT2D eigenvalue weighted by Gasteiger charge is -2.19. The predicted octanol–water partition coefficient (Wildman–Crippen LogP) is 1.66. The summed E-state index contributed by atoms with van der Waals surface area (Å²) in [6.07, 6.45) is 5.94. The number of hydrogen-bond donors (Lipinski definition) is 2. The van der Waals surface area contributed by atoms with Crippen molar-refractivity contribution in [3.8, 4) is 0 Å². The maximum Gasteiger partial charge on any atom is 0.0729 e. The summed E-state index contributed by atoms with van der Waals surface area (Å²) in [5.41, 5.74) is 0.763. The fourth-order valence-electron chi connectivity index (χ4n) is 1.69. The van der Waals surface area contributed by atoms with E-state index in [1.54, 1.807) is 6.08 Å². The highest BCUT2D eigenvalue weighted by atomic mass is 16.5. The van der Waals surface area contributed by atoms with E-state index in [4.69, 9.17) is 4.74 Å². The summed E-state index contributed by atoms with van der Waals surface area (Å²) in [5.74, 6) is 0.156. The van der Waals surface area contributed by atoms with Gasteiger partial charge in [-0.1, -0.05) is 18.2 Å². The van der Waals surface area contributed by atoms with Crippen molar-refractivity contribution < 1.29 is 14.9 Å². The van der Waals surface area contributed by atoms with Crippen molar-refractivity contribution >= 4 is 0 Å². The van der Waals surface area contributed by atoms with Gasteiger partial charge in [0.1, 0.15) is 0 Å². The van der Waals surface area contributed by atoms with Crippen molar-refractivity contribution in [3.63, 3.8) is 0 Å². The van der Waals surface area contributed by atoms with Crippen molar-refractivity contribution in [2.24, 2.45) is 5.92 Å². The minimum Gasteiger partial charge on any atom is -0.392 e. The molecule has 0 aromatic carbocycles. The van der Waals surface area contributed by atoms with Crippen LogP contribution in [-0.2, 0) is 4.74 Å². The van der Waals surface area contributed by atoms with Crippen LogP contribution in [0, 0.1) is 5.92 Å². The summed E-state index contributed by atoms with van der Waals surface area (Å²) in [6.45, 7) is 6.52. The van der Waals surface area contributed by atoms with Crippen molar-refractivity contribution in [2.45, 2.75) is 38.9 Å². The predicted molar refractivity (Wildman–Crippen MR) is 64.1 cm³/mol. The number of aliphatic hydroxyl groups excluding tert-OH is 2. The van der Waals surface area contributed by atoms with Gasteiger partial charge in [0.25, 0.3) is 0 Å². The highest BCUT2D eigenvalue weighted by Gasteiger charge is 2.19. The van der Waals surface area contributed by atoms with Crippen molar-refractivity contribution in [1.82, 2.24) is 0 Å². The highest BCUT2D eigenvalue weighted by molar-refractivity contribution is 5.19. The summed E-state index contributed by atoms with van der Waals surface area (Å²) in [7, 11) is 0. The van der Waals surface area contributed by atoms with Crippen LogP contribution in [0.4, 0.5) is 0 Å². The second kappa shape index (κ2) is 5.62. The molecule has 0 aliphatic heterocycles. The lowest BCUT2D eigenvalue weighted by atomic mass is 9.98. The standard InChI is InChI=1S/C13H22O3/c1-13(2,3)16-7-6-11(9-14)10-4-5-12(15)8-10/h4-6,10,12,14-15H,7-9H2,1-3H3/b11-6-/t10-,12+/m1/s1. The number of ether oxygens (including phenoxy) is 1. The van der Waals surface area contributed by atoms with E-state index in [0.717, 1.165) is 5.57 Å². The molecule has 3 nitrogen and oxygen atoms in total. The average molecular weight is 226 g/mol. The van der Waals surface area contributed by atoms with Crippen molar-refractivity contribution in [2.75, 3.05) is 13.2 Å². The minimum atomic E-state index is -0.372. The smallest absolute Gasteiger partial charge is 0.0729 e. The van der Waals surface area contributed by atoms with Crippen LogP contribution in [0.1, 0.15) is 27.2 Å². The number of hydrogen-bond acceptors (Lipinski definition) is 3. The fourth-order valence-corrected chi connectivity index (χ4v) is 1.69. The topological polar surface area (TPSA) is 49.7 Å². The molecule has 1 aliphatic rings. The highest BCUT2D eigenvalue weighted by Crippen LogP contribution is 2.25. The Morgan fingerprint density at radius 3 is 2.56 bits per heavy atom. The Morgan fingerprint density at radius 1 is 1.44 bits per heavy atom. The lowest BCUT2D eigenvalue weighted by molar-refractivity contribution is 0.0144. The van der Waals surface area contributed by atoms with E-state index in [2.05, 4.69) is 0 Å². The Morgan fingerprint density at radius 2 is 2.12 bits per heavy atom. The van der Waals surface area contributed by atoms with Crippen LogP contribution in [-0.4, -0.2) is 35.1 Å². The Kier molecular flexibility index (Phi) is 4.71. The molecule has 0 spiro atoms. The van der Waals surface area contributed by atoms with Gasteiger partial charge in [0.05, 0.1) is 24.9 Å². The quantitative estimate of drug-likeness (QED) is 0.717. The summed E-state index contributed by atoms with van der Waals surface area (Å²) >= 11 is 0. The molecule has 2 atom stereocenters. The molecule has 92 valence electrons. The van der Waals surface area contributed by atoms with E-state index in [1.807, 2.05) is 32.9 Å². The molecule has 0 saturated heterocycles. The minimum absolute atomic E-state index is 0.0230. The Labute approximate surface area is 97.4 Å². The molecule has 0 aromatic heterocycles. The first-order valence-electron chi connectivity index (χ1n) is 5.72. The van der Waals surface area contributed by atoms with Crippen LogP contribution in [0.2, 0.25) is 0 Å². The third-order valence-electron chi connectivity index (χ3n) is 2.58. The fraction of sp³-hybridized carbons (Fsp3) is 0.692. The third-order valence-corrected chi connectivity index (χ3v) is 2.58. The molecule has 0 bridgehead atoms. The van der Waals surface area contributed by atoms with Gasteiger partial charge in [0.2, 0.25) is 0 Å². The van der Waals surface area contributed by atoms with Gasteiger partial charge in [0.15, 0.2) is 0 Å². The third kappa shape index (κ3) is 4.47. The summed E-state index contributed by atoms with van der Waals surface area (Å²) in [6, 6.07) is 0. The molecule has 0 unspecified atom stereocenters. The first-order valence-corrected chi connectivity index (χ1v) is 5.72. The molecule has 1 rings (SSSR count). The van der Waals surface area contributed by atoms with Gasteiger partial charge in [-0.3, -0.25) is 0 Å². The largest absolute Gasteiger partial charge is 0.392 e. The second-order valence-electron chi connectivity index (χ2n) is 5.15. The van der Waals surface area contributed by atoms with E-state index < -0.39 is 0 Å². The Hall–Kier alpha value is -0.640. The Balaban J connectivity index is 2.48. The van der Waals surface area contributed by atoms with Crippen LogP contribution in [0.5, 0.6) is 0 Å². The second-order valence-corrected chi connectivity index (χ2v) is 5.15. The molecule has 16 heavy (non-hydrogen) atoms. The maximum atomic E-state index is 9.37. The van der Waals surface area contributed by atoms with Gasteiger partial charge in [-0.05, 0) is 32.8 Å². The first-order chi connectivity index (χ1) is 7.42. The van der Waals surface area contributed by atoms with Crippen LogP contribution < -0.4 is 0 Å². The lowest BCUT2D eigenvalue weighted by Crippen LogP contribution is -2.19. The van der Waals surface area contributed by atoms with E-state index >= 15 is 0 Å². The van der Waals surface area contributed by atoms with Gasteiger partial charge in [-0.25, -0.2) is 0 Å². The normalized spacial score (nSPS) is 26.4. The SMILES string of the molecule is CC(C)(C)OC/C=C(/CO)[C@@H]1C=C[C@H](O)C1. The zero-order valence-electron chi connectivity index (χ0n) is 10.3. The molecule has 0 fully saturated rings. The molecule has 1 aliphatic carbocycles. The van der Waals surface area contributed by atoms with Crippen LogP contribution >= 0.6 is 0 Å². The monoisotopic (exact) mass is 226 g/mol. The number of rotatable bonds is 4. The van der Waals surface area contributed by atoms with Gasteiger partial charge in [0, 0.05) is 5.92 Å². The molecular weight excluding hydrogens is 204 g/mol. The molecule has 2 N–H and O–H groups in total. The van der Waals surface area contributed by atoms with Gasteiger partial charge in [-0.15, -0.1) is 0 Å². The van der Waals surface area contributed by atoms with Crippen LogP contribution in [0.3, 0.4) is 0 Å². The maximum absolute atomic E-state index is 9.37. The van der Waals surface area contributed by atoms with Crippen molar-refractivity contribution in [1.29, 1.82) is 0 Å². The van der Waals surface area contributed by atoms with Gasteiger partial charge < -0.3 is 14.9 Å². The van der Waals surface area contributed by atoms with Crippen molar-refractivity contribution in [3.05, 3.63) is 23.8 Å². The van der Waals surface area contributed by atoms with Gasteiger partial charge >= 0.3 is 0 Å².